The summed E-state index contributed by atoms with van der Waals surface area (Å²) in [4.78, 5) is 1.87. The van der Waals surface area contributed by atoms with Crippen molar-refractivity contribution in [3.8, 4) is 0 Å². The predicted molar refractivity (Wildman–Crippen MR) is 160 cm³/mol. The van der Waals surface area contributed by atoms with Crippen LogP contribution in [0.5, 0.6) is 0 Å². The number of benzene rings is 1. The van der Waals surface area contributed by atoms with Crippen molar-refractivity contribution in [3.05, 3.63) is 35.9 Å². The monoisotopic (exact) mass is 550 g/mol. The largest absolute Gasteiger partial charge is 0.384 e. The van der Waals surface area contributed by atoms with Gasteiger partial charge in [0.1, 0.15) is 16.7 Å². The van der Waals surface area contributed by atoms with Gasteiger partial charge >= 0.3 is 0 Å². The van der Waals surface area contributed by atoms with Crippen molar-refractivity contribution in [2.75, 3.05) is 13.7 Å². The molecule has 1 aromatic carbocycles. The summed E-state index contributed by atoms with van der Waals surface area (Å²) in [6.07, 6.45) is 10.7. The summed E-state index contributed by atoms with van der Waals surface area (Å²) in [5.41, 5.74) is 10.6. The predicted octanol–water partition coefficient (Wildman–Crippen LogP) is 7.28. The zero-order valence-electron chi connectivity index (χ0n) is 25.5. The minimum atomic E-state index is -1.18. The van der Waals surface area contributed by atoms with Gasteiger partial charge in [0, 0.05) is 18.1 Å². The Hall–Kier alpha value is -1.79. The van der Waals surface area contributed by atoms with E-state index in [0.29, 0.717) is 36.8 Å². The molecule has 2 N–H and O–H groups in total. The van der Waals surface area contributed by atoms with Crippen LogP contribution in [0.1, 0.15) is 91.0 Å². The maximum absolute atomic E-state index is 15.1. The highest BCUT2D eigenvalue weighted by Crippen LogP contribution is 2.69. The maximum Gasteiger partial charge on any atom is 0.113 e. The number of nitrogens with zero attached hydrogens (tertiary/aromatic N) is 3. The van der Waals surface area contributed by atoms with Crippen molar-refractivity contribution in [3.63, 3.8) is 0 Å². The number of fused-ring (bicyclic) bond motifs is 6. The Morgan fingerprint density at radius 2 is 1.88 bits per heavy atom. The van der Waals surface area contributed by atoms with Crippen LogP contribution in [-0.2, 0) is 17.7 Å². The van der Waals surface area contributed by atoms with E-state index in [4.69, 9.17) is 20.7 Å². The first-order valence-corrected chi connectivity index (χ1v) is 15.9. The first-order chi connectivity index (χ1) is 18.9. The molecule has 6 rings (SSSR count). The number of hydrogen-bond acceptors (Lipinski definition) is 4. The van der Waals surface area contributed by atoms with Crippen LogP contribution in [0.3, 0.4) is 0 Å². The average molecular weight is 551 g/mol. The third kappa shape index (κ3) is 4.30. The number of ether oxygens (including phenoxy) is 1. The van der Waals surface area contributed by atoms with Crippen LogP contribution in [-0.4, -0.2) is 39.9 Å². The second-order valence-corrected chi connectivity index (χ2v) is 14.9. The number of aromatic nitrogens is 3. The molecule has 1 heterocycles. The molecule has 4 saturated carbocycles. The van der Waals surface area contributed by atoms with E-state index in [9.17, 15) is 0 Å². The Labute approximate surface area is 240 Å². The summed E-state index contributed by atoms with van der Waals surface area (Å²) in [7, 11) is 1.84. The van der Waals surface area contributed by atoms with E-state index in [2.05, 4.69) is 38.6 Å². The van der Waals surface area contributed by atoms with Crippen molar-refractivity contribution < 1.29 is 9.13 Å². The zero-order valence-corrected chi connectivity index (χ0v) is 25.5. The van der Waals surface area contributed by atoms with E-state index < -0.39 is 5.67 Å². The normalized spacial score (nSPS) is 39.5. The molecule has 40 heavy (non-hydrogen) atoms. The van der Waals surface area contributed by atoms with E-state index in [0.717, 1.165) is 49.6 Å². The average Bonchev–Trinajstić information content (AvgIpc) is 3.47. The number of hydrogen-bond donors (Lipinski definition) is 1. The highest BCUT2D eigenvalue weighted by atomic mass is 19.1. The number of methoxy groups -OCH3 is 1. The van der Waals surface area contributed by atoms with Gasteiger partial charge in [0.25, 0.3) is 0 Å². The summed E-state index contributed by atoms with van der Waals surface area (Å²) in [6, 6.07) is 6.40. The van der Waals surface area contributed by atoms with Crippen molar-refractivity contribution in [1.82, 2.24) is 15.0 Å². The van der Waals surface area contributed by atoms with Gasteiger partial charge in [0.05, 0.1) is 13.2 Å². The van der Waals surface area contributed by atoms with Gasteiger partial charge in [-0.15, -0.1) is 0 Å². The molecule has 1 aromatic heterocycles. The lowest BCUT2D eigenvalue weighted by Crippen LogP contribution is -2.69. The third-order valence-electron chi connectivity index (χ3n) is 12.7. The fourth-order valence-corrected chi connectivity index (χ4v) is 10.6. The van der Waals surface area contributed by atoms with Crippen LogP contribution >= 0.6 is 0 Å². The van der Waals surface area contributed by atoms with Crippen LogP contribution in [0.4, 0.5) is 4.39 Å². The highest BCUT2D eigenvalue weighted by molar-refractivity contribution is 5.74. The lowest BCUT2D eigenvalue weighted by Gasteiger charge is -2.66. The van der Waals surface area contributed by atoms with Crippen LogP contribution in [0.15, 0.2) is 30.4 Å². The molecule has 0 bridgehead atoms. The molecule has 5 nitrogen and oxygen atoms in total. The number of halogens is 1. The smallest absolute Gasteiger partial charge is 0.113 e. The number of alkyl halides is 1. The Balaban J connectivity index is 1.22. The standard InChI is InChI=1S/C34H51FN4O/c1-7-23-8-11-29-30(18-23)38-39(37-29)20-22(2)26-9-10-27-25-13-17-34(36)19-24(31(3,4)35)12-16-33(34,21-40-6)28(25)14-15-32(26,27)5/h8,11,18,24-28H,2,7,9-10,12-17,19-21,36H2,1,3-6H3/t24-,25-,26+,27?,28?,32+,33-,34-/m0/s1. The molecule has 220 valence electrons. The molecular formula is C34H51FN4O. The van der Waals surface area contributed by atoms with Gasteiger partial charge in [-0.2, -0.15) is 15.0 Å². The van der Waals surface area contributed by atoms with E-state index in [1.807, 2.05) is 11.9 Å². The molecule has 2 unspecified atom stereocenters. The van der Waals surface area contributed by atoms with Crippen LogP contribution in [0, 0.1) is 40.4 Å². The van der Waals surface area contributed by atoms with Crippen LogP contribution in [0.25, 0.3) is 11.0 Å². The second kappa shape index (κ2) is 9.90. The van der Waals surface area contributed by atoms with Gasteiger partial charge in [0.2, 0.25) is 0 Å². The van der Waals surface area contributed by atoms with Crippen LogP contribution in [0.2, 0.25) is 0 Å². The summed E-state index contributed by atoms with van der Waals surface area (Å²) in [6.45, 7) is 14.3. The molecular weight excluding hydrogens is 499 g/mol. The van der Waals surface area contributed by atoms with E-state index in [1.54, 1.807) is 13.8 Å². The molecule has 2 aromatic rings. The molecule has 0 spiro atoms. The molecule has 0 radical (unpaired) electrons. The quantitative estimate of drug-likeness (QED) is 0.368. The van der Waals surface area contributed by atoms with Crippen LogP contribution < -0.4 is 5.73 Å². The lowest BCUT2D eigenvalue weighted by molar-refractivity contribution is -0.168. The van der Waals surface area contributed by atoms with Gasteiger partial charge in [-0.1, -0.05) is 32.1 Å². The Kier molecular flexibility index (Phi) is 7.01. The minimum absolute atomic E-state index is 0.0354. The van der Waals surface area contributed by atoms with Crippen molar-refractivity contribution in [2.24, 2.45) is 46.2 Å². The second-order valence-electron chi connectivity index (χ2n) is 14.9. The molecule has 0 amide bonds. The van der Waals surface area contributed by atoms with Gasteiger partial charge in [-0.05, 0) is 131 Å². The van der Waals surface area contributed by atoms with Gasteiger partial charge in [0.15, 0.2) is 0 Å². The molecule has 8 atom stereocenters. The maximum atomic E-state index is 15.1. The number of aryl methyl sites for hydroxylation is 1. The van der Waals surface area contributed by atoms with E-state index in [-0.39, 0.29) is 22.3 Å². The molecule has 6 heteroatoms. The summed E-state index contributed by atoms with van der Waals surface area (Å²) < 4.78 is 21.1. The Morgan fingerprint density at radius 3 is 2.60 bits per heavy atom. The van der Waals surface area contributed by atoms with E-state index >= 15 is 4.39 Å². The van der Waals surface area contributed by atoms with Gasteiger partial charge < -0.3 is 10.5 Å². The SMILES string of the molecule is C=C(Cn1nc2ccc(CC)cc2n1)[C@H]1CCC2[C@@H]3CC[C@]4(N)C[C@@H](C(C)(C)F)CC[C@]4(COC)C3CC[C@@]21C. The topological polar surface area (TPSA) is 66.0 Å². The Morgan fingerprint density at radius 1 is 1.10 bits per heavy atom. The van der Waals surface area contributed by atoms with Crippen molar-refractivity contribution in [1.29, 1.82) is 0 Å². The molecule has 4 aliphatic rings. The molecule has 0 saturated heterocycles. The van der Waals surface area contributed by atoms with Gasteiger partial charge in [-0.25, -0.2) is 4.39 Å². The first-order valence-electron chi connectivity index (χ1n) is 15.9. The fraction of sp³-hybridized carbons (Fsp3) is 0.765. The Bertz CT molecular complexity index is 1270. The lowest BCUT2D eigenvalue weighted by atomic mass is 9.41. The van der Waals surface area contributed by atoms with Crippen molar-refractivity contribution >= 4 is 11.0 Å². The first kappa shape index (κ1) is 28.3. The molecule has 0 aliphatic heterocycles. The number of allylic oxidation sites excluding steroid dienone is 1. The fourth-order valence-electron chi connectivity index (χ4n) is 10.6. The number of rotatable bonds is 7. The summed E-state index contributed by atoms with van der Waals surface area (Å²) in [5, 5.41) is 9.61. The minimum Gasteiger partial charge on any atom is -0.384 e. The van der Waals surface area contributed by atoms with E-state index in [1.165, 1.54) is 36.8 Å². The third-order valence-corrected chi connectivity index (χ3v) is 12.7. The highest BCUT2D eigenvalue weighted by Gasteiger charge is 2.66. The summed E-state index contributed by atoms with van der Waals surface area (Å²) >= 11 is 0. The van der Waals surface area contributed by atoms with Gasteiger partial charge in [-0.3, -0.25) is 0 Å². The molecule has 4 aliphatic carbocycles. The number of nitrogens with two attached hydrogens (primary N) is 1. The molecule has 4 fully saturated rings. The van der Waals surface area contributed by atoms with Crippen molar-refractivity contribution in [2.45, 2.75) is 110 Å². The zero-order chi connectivity index (χ0) is 28.5. The summed E-state index contributed by atoms with van der Waals surface area (Å²) in [5.74, 6) is 2.43.